The molecule has 0 atom stereocenters. The Kier molecular flexibility index (Phi) is 6.03. The molecule has 0 aliphatic heterocycles. The minimum atomic E-state index is 0.580. The zero-order valence-electron chi connectivity index (χ0n) is 21.4. The van der Waals surface area contributed by atoms with Gasteiger partial charge in [-0.3, -0.25) is 0 Å². The molecule has 0 radical (unpaired) electrons. The van der Waals surface area contributed by atoms with Crippen LogP contribution >= 0.6 is 0 Å². The van der Waals surface area contributed by atoms with Crippen LogP contribution in [0.4, 0.5) is 22.7 Å². The summed E-state index contributed by atoms with van der Waals surface area (Å²) < 4.78 is 0.580. The lowest BCUT2D eigenvalue weighted by Gasteiger charge is -2.40. The standard InChI is InChI=1S/C32H36N/c1-21-9-13-29(25(5)17-21)33(30-14-10-22(2)18-26(30)6,31-15-11-23(3)19-27(31)7)32-16-12-24(4)20-28(32)8/h9-20H,1-8H3/q+1. The molecule has 0 unspecified atom stereocenters. The molecule has 0 aliphatic carbocycles. The van der Waals surface area contributed by atoms with Crippen molar-refractivity contribution >= 4 is 22.7 Å². The number of hydrogen-bond donors (Lipinski definition) is 0. The molecule has 4 rings (SSSR count). The molecule has 33 heavy (non-hydrogen) atoms. The van der Waals surface area contributed by atoms with Crippen LogP contribution in [0.25, 0.3) is 0 Å². The Labute approximate surface area is 199 Å². The average Bonchev–Trinajstić information content (AvgIpc) is 2.72. The van der Waals surface area contributed by atoms with E-state index in [1.54, 1.807) is 0 Å². The summed E-state index contributed by atoms with van der Waals surface area (Å²) in [5.41, 5.74) is 15.5. The highest BCUT2D eigenvalue weighted by Crippen LogP contribution is 2.55. The maximum Gasteiger partial charge on any atom is 0.151 e. The van der Waals surface area contributed by atoms with Gasteiger partial charge in [0, 0.05) is 46.5 Å². The predicted molar refractivity (Wildman–Crippen MR) is 144 cm³/mol. The normalized spacial score (nSPS) is 11.6. The number of quaternary nitrogens is 1. The van der Waals surface area contributed by atoms with Crippen molar-refractivity contribution in [3.63, 3.8) is 0 Å². The molecule has 0 fully saturated rings. The number of aryl methyl sites for hydroxylation is 8. The largest absolute Gasteiger partial charge is 0.193 e. The fourth-order valence-corrected chi connectivity index (χ4v) is 5.51. The Hall–Kier alpha value is -3.16. The Morgan fingerprint density at radius 1 is 0.333 bits per heavy atom. The van der Waals surface area contributed by atoms with E-state index >= 15 is 0 Å². The van der Waals surface area contributed by atoms with E-state index in [-0.39, 0.29) is 0 Å². The first kappa shape index (κ1) is 23.0. The van der Waals surface area contributed by atoms with Crippen molar-refractivity contribution in [2.24, 2.45) is 0 Å². The van der Waals surface area contributed by atoms with Gasteiger partial charge >= 0.3 is 0 Å². The van der Waals surface area contributed by atoms with Gasteiger partial charge in [-0.25, -0.2) is 0 Å². The van der Waals surface area contributed by atoms with Crippen molar-refractivity contribution in [1.29, 1.82) is 0 Å². The minimum Gasteiger partial charge on any atom is -0.193 e. The van der Waals surface area contributed by atoms with Crippen molar-refractivity contribution < 1.29 is 0 Å². The van der Waals surface area contributed by atoms with Gasteiger partial charge in [-0.2, -0.15) is 4.48 Å². The summed E-state index contributed by atoms with van der Waals surface area (Å²) in [5.74, 6) is 0. The zero-order chi connectivity index (χ0) is 23.9. The third kappa shape index (κ3) is 3.92. The molecule has 0 bridgehead atoms. The molecule has 1 heteroatoms. The zero-order valence-corrected chi connectivity index (χ0v) is 21.4. The molecular formula is C32H36N+. The molecule has 0 aliphatic rings. The molecule has 1 nitrogen and oxygen atoms in total. The molecule has 4 aromatic rings. The molecule has 0 spiro atoms. The summed E-state index contributed by atoms with van der Waals surface area (Å²) in [5, 5.41) is 0. The first-order valence-electron chi connectivity index (χ1n) is 11.8. The second kappa shape index (κ2) is 8.65. The van der Waals surface area contributed by atoms with Gasteiger partial charge in [0.25, 0.3) is 0 Å². The Balaban J connectivity index is 2.28. The summed E-state index contributed by atoms with van der Waals surface area (Å²) in [6.45, 7) is 17.7. The summed E-state index contributed by atoms with van der Waals surface area (Å²) in [4.78, 5) is 0. The molecule has 0 saturated heterocycles. The van der Waals surface area contributed by atoms with Crippen LogP contribution in [-0.4, -0.2) is 0 Å². The van der Waals surface area contributed by atoms with E-state index in [0.717, 1.165) is 0 Å². The monoisotopic (exact) mass is 434 g/mol. The van der Waals surface area contributed by atoms with E-state index in [9.17, 15) is 0 Å². The van der Waals surface area contributed by atoms with Crippen LogP contribution in [0.3, 0.4) is 0 Å². The Morgan fingerprint density at radius 3 is 0.727 bits per heavy atom. The lowest BCUT2D eigenvalue weighted by molar-refractivity contribution is 0.684. The van der Waals surface area contributed by atoms with Gasteiger partial charge in [-0.05, 0) is 55.4 Å². The van der Waals surface area contributed by atoms with Crippen LogP contribution in [0.2, 0.25) is 0 Å². The van der Waals surface area contributed by atoms with E-state index in [2.05, 4.69) is 128 Å². The van der Waals surface area contributed by atoms with Crippen LogP contribution in [0.1, 0.15) is 44.5 Å². The van der Waals surface area contributed by atoms with Crippen LogP contribution in [-0.2, 0) is 0 Å². The van der Waals surface area contributed by atoms with Gasteiger partial charge in [0.1, 0.15) is 0 Å². The van der Waals surface area contributed by atoms with Crippen LogP contribution in [0, 0.1) is 55.4 Å². The first-order chi connectivity index (χ1) is 15.6. The van der Waals surface area contributed by atoms with E-state index in [1.807, 2.05) is 0 Å². The molecule has 168 valence electrons. The van der Waals surface area contributed by atoms with Crippen molar-refractivity contribution in [1.82, 2.24) is 4.48 Å². The predicted octanol–water partition coefficient (Wildman–Crippen LogP) is 9.46. The van der Waals surface area contributed by atoms with Gasteiger partial charge in [0.15, 0.2) is 22.7 Å². The van der Waals surface area contributed by atoms with Gasteiger partial charge in [-0.15, -0.1) is 0 Å². The topological polar surface area (TPSA) is 0 Å². The highest BCUT2D eigenvalue weighted by atomic mass is 15.4. The number of benzene rings is 4. The fourth-order valence-electron chi connectivity index (χ4n) is 5.51. The van der Waals surface area contributed by atoms with Crippen LogP contribution < -0.4 is 4.48 Å². The average molecular weight is 435 g/mol. The maximum absolute atomic E-state index is 2.34. The number of rotatable bonds is 4. The van der Waals surface area contributed by atoms with Gasteiger partial charge < -0.3 is 0 Å². The van der Waals surface area contributed by atoms with Gasteiger partial charge in [0.05, 0.1) is 0 Å². The highest BCUT2D eigenvalue weighted by molar-refractivity contribution is 5.87. The SMILES string of the molecule is Cc1ccc([N+](c2ccc(C)cc2C)(c2ccc(C)cc2C)c2ccc(C)cc2C)c(C)c1. The second-order valence-corrected chi connectivity index (χ2v) is 9.83. The Morgan fingerprint density at radius 2 is 0.545 bits per heavy atom. The maximum atomic E-state index is 2.34. The molecule has 0 amide bonds. The summed E-state index contributed by atoms with van der Waals surface area (Å²) in [6, 6.07) is 27.6. The summed E-state index contributed by atoms with van der Waals surface area (Å²) in [6.07, 6.45) is 0. The summed E-state index contributed by atoms with van der Waals surface area (Å²) >= 11 is 0. The number of nitrogens with zero attached hydrogens (tertiary/aromatic N) is 1. The molecule has 4 aromatic carbocycles. The Bertz CT molecular complexity index is 1130. The molecule has 0 heterocycles. The lowest BCUT2D eigenvalue weighted by Crippen LogP contribution is -2.36. The number of hydrogen-bond acceptors (Lipinski definition) is 0. The fraction of sp³-hybridized carbons (Fsp3) is 0.250. The van der Waals surface area contributed by atoms with Crippen molar-refractivity contribution in [3.05, 3.63) is 117 Å². The third-order valence-corrected chi connectivity index (χ3v) is 6.85. The highest BCUT2D eigenvalue weighted by Gasteiger charge is 2.43. The smallest absolute Gasteiger partial charge is 0.151 e. The van der Waals surface area contributed by atoms with Crippen LogP contribution in [0.5, 0.6) is 0 Å². The molecule has 0 saturated carbocycles. The first-order valence-corrected chi connectivity index (χ1v) is 11.8. The van der Waals surface area contributed by atoms with Crippen LogP contribution in [0.15, 0.2) is 72.8 Å². The van der Waals surface area contributed by atoms with E-state index in [0.29, 0.717) is 4.48 Å². The molecule has 0 N–H and O–H groups in total. The van der Waals surface area contributed by atoms with Crippen molar-refractivity contribution in [2.45, 2.75) is 55.4 Å². The third-order valence-electron chi connectivity index (χ3n) is 6.85. The minimum absolute atomic E-state index is 0.580. The lowest BCUT2D eigenvalue weighted by atomic mass is 9.95. The molecular weight excluding hydrogens is 398 g/mol. The van der Waals surface area contributed by atoms with E-state index in [4.69, 9.17) is 0 Å². The quantitative estimate of drug-likeness (QED) is 0.281. The van der Waals surface area contributed by atoms with Crippen molar-refractivity contribution in [3.8, 4) is 0 Å². The van der Waals surface area contributed by atoms with Gasteiger partial charge in [-0.1, -0.05) is 70.8 Å². The van der Waals surface area contributed by atoms with Gasteiger partial charge in [0.2, 0.25) is 0 Å². The summed E-state index contributed by atoms with van der Waals surface area (Å²) in [7, 11) is 0. The van der Waals surface area contributed by atoms with Crippen molar-refractivity contribution in [2.75, 3.05) is 0 Å². The molecule has 0 aromatic heterocycles. The second-order valence-electron chi connectivity index (χ2n) is 9.83. The van der Waals surface area contributed by atoms with E-state index < -0.39 is 0 Å². The van der Waals surface area contributed by atoms with E-state index in [1.165, 1.54) is 67.3 Å².